The molecule has 2 amide bonds. The Morgan fingerprint density at radius 2 is 1.61 bits per heavy atom. The number of benzene rings is 3. The second kappa shape index (κ2) is 11.8. The Morgan fingerprint density at radius 3 is 2.24 bits per heavy atom. The van der Waals surface area contributed by atoms with E-state index >= 15 is 0 Å². The molecule has 13 heteroatoms. The summed E-state index contributed by atoms with van der Waals surface area (Å²) >= 11 is 25.4. The van der Waals surface area contributed by atoms with E-state index in [1.165, 1.54) is 42.5 Å². The van der Waals surface area contributed by atoms with E-state index in [2.05, 4.69) is 0 Å². The molecule has 0 aliphatic carbocycles. The normalized spacial score (nSPS) is 14.9. The van der Waals surface area contributed by atoms with Crippen molar-refractivity contribution in [3.05, 3.63) is 90.7 Å². The number of ether oxygens (including phenoxy) is 1. The third-order valence-corrected chi connectivity index (χ3v) is 8.56. The Bertz CT molecular complexity index is 1540. The molecule has 0 radical (unpaired) electrons. The molecule has 1 fully saturated rings. The second-order valence-corrected chi connectivity index (χ2v) is 11.9. The topological polar surface area (TPSA) is 90.0 Å². The van der Waals surface area contributed by atoms with Crippen molar-refractivity contribution in [3.63, 3.8) is 0 Å². The number of nitrogens with zero attached hydrogens (tertiary/aromatic N) is 1. The van der Waals surface area contributed by atoms with E-state index in [0.29, 0.717) is 26.2 Å². The van der Waals surface area contributed by atoms with Gasteiger partial charge in [0.15, 0.2) is 5.75 Å². The van der Waals surface area contributed by atoms with Crippen LogP contribution in [0.1, 0.15) is 18.1 Å². The fraction of sp³-hybridized carbons (Fsp3) is 0.120. The number of amides is 2. The second-order valence-electron chi connectivity index (χ2n) is 7.72. The minimum Gasteiger partial charge on any atom is -0.490 e. The molecule has 1 aliphatic heterocycles. The van der Waals surface area contributed by atoms with Crippen LogP contribution in [0.15, 0.2) is 64.4 Å². The van der Waals surface area contributed by atoms with Crippen LogP contribution in [0.5, 0.6) is 11.5 Å². The molecular weight excluding hydrogens is 616 g/mol. The summed E-state index contributed by atoms with van der Waals surface area (Å²) in [7, 11) is -4.26. The summed E-state index contributed by atoms with van der Waals surface area (Å²) in [5.41, 5.74) is 0.834. The lowest BCUT2D eigenvalue weighted by atomic mass is 10.1. The molecule has 0 spiro atoms. The van der Waals surface area contributed by atoms with Gasteiger partial charge in [0.2, 0.25) is 5.75 Å². The van der Waals surface area contributed by atoms with E-state index in [9.17, 15) is 18.0 Å². The first kappa shape index (κ1) is 28.6. The van der Waals surface area contributed by atoms with E-state index in [1.54, 1.807) is 25.1 Å². The van der Waals surface area contributed by atoms with E-state index in [1.807, 2.05) is 0 Å². The highest BCUT2D eigenvalue weighted by atomic mass is 35.5. The molecule has 1 saturated heterocycles. The van der Waals surface area contributed by atoms with Gasteiger partial charge in [-0.3, -0.25) is 14.5 Å². The average Bonchev–Trinajstić information content (AvgIpc) is 3.11. The third kappa shape index (κ3) is 6.25. The van der Waals surface area contributed by atoms with Crippen molar-refractivity contribution in [1.29, 1.82) is 0 Å². The lowest BCUT2D eigenvalue weighted by Gasteiger charge is -2.15. The quantitative estimate of drug-likeness (QED) is 0.186. The van der Waals surface area contributed by atoms with Crippen molar-refractivity contribution in [1.82, 2.24) is 4.90 Å². The van der Waals surface area contributed by atoms with Crippen molar-refractivity contribution >= 4 is 85.5 Å². The zero-order chi connectivity index (χ0) is 27.6. The zero-order valence-electron chi connectivity index (χ0n) is 19.4. The summed E-state index contributed by atoms with van der Waals surface area (Å²) in [5.74, 6) is -0.733. The molecule has 0 bridgehead atoms. The maximum absolute atomic E-state index is 13.0. The Balaban J connectivity index is 1.63. The minimum atomic E-state index is -4.26. The maximum Gasteiger partial charge on any atom is 0.339 e. The maximum atomic E-state index is 13.0. The van der Waals surface area contributed by atoms with Crippen LogP contribution in [0, 0.1) is 0 Å². The molecule has 0 saturated carbocycles. The SMILES string of the molecule is CCOc1cc(/C=C2\SC(=O)N(Cc3c(Cl)cccc3Cl)C2=O)cc(Cl)c1OS(=O)(=O)c1ccc(Cl)cc1. The summed E-state index contributed by atoms with van der Waals surface area (Å²) in [5, 5.41) is 0.445. The standard InChI is InChI=1S/C25H17Cl4NO6S2/c1-2-35-21-11-14(10-20(29)23(21)36-38(33,34)16-8-6-15(26)7-9-16)12-22-24(31)30(25(32)37-22)13-17-18(27)4-3-5-19(17)28/h3-12H,2,13H2,1H3/b22-12-. The van der Waals surface area contributed by atoms with E-state index in [0.717, 1.165) is 16.7 Å². The molecule has 3 aromatic carbocycles. The van der Waals surface area contributed by atoms with Gasteiger partial charge in [0.1, 0.15) is 4.90 Å². The monoisotopic (exact) mass is 631 g/mol. The van der Waals surface area contributed by atoms with Gasteiger partial charge in [-0.15, -0.1) is 0 Å². The lowest BCUT2D eigenvalue weighted by molar-refractivity contribution is -0.123. The number of carbonyl (C=O) groups excluding carboxylic acids is 2. The summed E-state index contributed by atoms with van der Waals surface area (Å²) in [6.07, 6.45) is 1.45. The number of rotatable bonds is 8. The molecule has 38 heavy (non-hydrogen) atoms. The van der Waals surface area contributed by atoms with Crippen molar-refractivity contribution in [2.45, 2.75) is 18.4 Å². The number of hydrogen-bond acceptors (Lipinski definition) is 7. The first-order valence-corrected chi connectivity index (χ1v) is 14.6. The summed E-state index contributed by atoms with van der Waals surface area (Å²) < 4.78 is 36.5. The van der Waals surface area contributed by atoms with Crippen LogP contribution in [0.4, 0.5) is 4.79 Å². The van der Waals surface area contributed by atoms with E-state index < -0.39 is 21.3 Å². The molecule has 198 valence electrons. The van der Waals surface area contributed by atoms with Crippen molar-refractivity contribution < 1.29 is 26.9 Å². The van der Waals surface area contributed by atoms with Crippen LogP contribution in [0.3, 0.4) is 0 Å². The molecule has 7 nitrogen and oxygen atoms in total. The van der Waals surface area contributed by atoms with Gasteiger partial charge in [-0.25, -0.2) is 0 Å². The van der Waals surface area contributed by atoms with E-state index in [-0.39, 0.29) is 39.5 Å². The fourth-order valence-electron chi connectivity index (χ4n) is 3.40. The van der Waals surface area contributed by atoms with Crippen LogP contribution in [0.25, 0.3) is 6.08 Å². The Morgan fingerprint density at radius 1 is 0.947 bits per heavy atom. The van der Waals surface area contributed by atoms with Crippen LogP contribution in [-0.4, -0.2) is 31.1 Å². The largest absolute Gasteiger partial charge is 0.490 e. The Hall–Kier alpha value is -2.40. The average molecular weight is 633 g/mol. The molecule has 4 rings (SSSR count). The molecule has 1 heterocycles. The predicted octanol–water partition coefficient (Wildman–Crippen LogP) is 7.70. The van der Waals surface area contributed by atoms with Crippen molar-refractivity contribution in [3.8, 4) is 11.5 Å². The fourth-order valence-corrected chi connectivity index (χ4v) is 6.14. The molecule has 3 aromatic rings. The summed E-state index contributed by atoms with van der Waals surface area (Å²) in [6.45, 7) is 1.77. The third-order valence-electron chi connectivity index (χ3n) is 5.18. The number of imide groups is 1. The van der Waals surface area contributed by atoms with Gasteiger partial charge in [0.05, 0.1) is 23.1 Å². The number of thioether (sulfide) groups is 1. The number of hydrogen-bond donors (Lipinski definition) is 0. The minimum absolute atomic E-state index is 0.0332. The van der Waals surface area contributed by atoms with Crippen LogP contribution in [0.2, 0.25) is 20.1 Å². The Labute approximate surface area is 243 Å². The van der Waals surface area contributed by atoms with Gasteiger partial charge in [-0.2, -0.15) is 8.42 Å². The Kier molecular flexibility index (Phi) is 8.86. The molecule has 0 unspecified atom stereocenters. The highest BCUT2D eigenvalue weighted by Crippen LogP contribution is 2.41. The first-order valence-electron chi connectivity index (χ1n) is 10.8. The van der Waals surface area contributed by atoms with Gasteiger partial charge in [0, 0.05) is 20.6 Å². The predicted molar refractivity (Wildman–Crippen MR) is 150 cm³/mol. The van der Waals surface area contributed by atoms with E-state index in [4.69, 9.17) is 55.3 Å². The first-order chi connectivity index (χ1) is 18.0. The molecule has 1 aliphatic rings. The highest BCUT2D eigenvalue weighted by Gasteiger charge is 2.36. The number of carbonyl (C=O) groups is 2. The van der Waals surface area contributed by atoms with Gasteiger partial charge in [0.25, 0.3) is 11.1 Å². The smallest absolute Gasteiger partial charge is 0.339 e. The van der Waals surface area contributed by atoms with Gasteiger partial charge >= 0.3 is 10.1 Å². The highest BCUT2D eigenvalue weighted by molar-refractivity contribution is 8.18. The van der Waals surface area contributed by atoms with Gasteiger partial charge < -0.3 is 8.92 Å². The summed E-state index contributed by atoms with van der Waals surface area (Å²) in [6, 6.07) is 13.2. The summed E-state index contributed by atoms with van der Waals surface area (Å²) in [4.78, 5) is 26.7. The number of halogens is 4. The van der Waals surface area contributed by atoms with Crippen LogP contribution in [-0.2, 0) is 21.5 Å². The zero-order valence-corrected chi connectivity index (χ0v) is 24.1. The molecule has 0 aromatic heterocycles. The van der Waals surface area contributed by atoms with Crippen LogP contribution >= 0.6 is 58.2 Å². The van der Waals surface area contributed by atoms with Crippen molar-refractivity contribution in [2.24, 2.45) is 0 Å². The van der Waals surface area contributed by atoms with Gasteiger partial charge in [-0.05, 0) is 78.9 Å². The van der Waals surface area contributed by atoms with Crippen LogP contribution < -0.4 is 8.92 Å². The van der Waals surface area contributed by atoms with Crippen molar-refractivity contribution in [2.75, 3.05) is 6.61 Å². The van der Waals surface area contributed by atoms with Gasteiger partial charge in [-0.1, -0.05) is 52.5 Å². The molecule has 0 N–H and O–H groups in total. The molecule has 0 atom stereocenters. The lowest BCUT2D eigenvalue weighted by Crippen LogP contribution is -2.27. The molecular formula is C25H17Cl4NO6S2.